The van der Waals surface area contributed by atoms with Crippen LogP contribution in [0.1, 0.15) is 57.4 Å². The van der Waals surface area contributed by atoms with Gasteiger partial charge in [0.1, 0.15) is 0 Å². The third-order valence-electron chi connectivity index (χ3n) is 5.18. The van der Waals surface area contributed by atoms with Crippen molar-refractivity contribution in [3.05, 3.63) is 35.9 Å². The topological polar surface area (TPSA) is 38.8 Å². The number of benzene rings is 1. The highest BCUT2D eigenvalue weighted by Crippen LogP contribution is 2.32. The Kier molecular flexibility index (Phi) is 6.27. The van der Waals surface area contributed by atoms with Gasteiger partial charge in [-0.15, -0.1) is 0 Å². The molecular formula is C20H29NO3. The molecular weight excluding hydrogens is 302 g/mol. The zero-order valence-corrected chi connectivity index (χ0v) is 14.7. The van der Waals surface area contributed by atoms with Gasteiger partial charge in [-0.05, 0) is 44.6 Å². The summed E-state index contributed by atoms with van der Waals surface area (Å²) in [6, 6.07) is 10.8. The zero-order valence-electron chi connectivity index (χ0n) is 14.7. The maximum Gasteiger partial charge on any atom is 0.251 e. The molecule has 3 rings (SSSR count). The molecule has 0 spiro atoms. The van der Waals surface area contributed by atoms with Crippen molar-refractivity contribution in [1.82, 2.24) is 5.06 Å². The Labute approximate surface area is 145 Å². The summed E-state index contributed by atoms with van der Waals surface area (Å²) in [7, 11) is 0. The molecule has 2 heterocycles. The quantitative estimate of drug-likeness (QED) is 0.532. The molecule has 0 aromatic heterocycles. The Balaban J connectivity index is 1.31. The van der Waals surface area contributed by atoms with E-state index in [-0.39, 0.29) is 24.2 Å². The Morgan fingerprint density at radius 1 is 1.17 bits per heavy atom. The average Bonchev–Trinajstić information content (AvgIpc) is 2.64. The van der Waals surface area contributed by atoms with Crippen LogP contribution in [0.2, 0.25) is 0 Å². The third-order valence-corrected chi connectivity index (χ3v) is 5.18. The van der Waals surface area contributed by atoms with Crippen LogP contribution < -0.4 is 0 Å². The second-order valence-electron chi connectivity index (χ2n) is 7.00. The molecule has 0 aliphatic carbocycles. The molecule has 1 amide bonds. The van der Waals surface area contributed by atoms with Crippen LogP contribution in [0.4, 0.5) is 0 Å². The lowest BCUT2D eigenvalue weighted by Crippen LogP contribution is -2.60. The first-order valence-corrected chi connectivity index (χ1v) is 9.41. The van der Waals surface area contributed by atoms with Crippen molar-refractivity contribution in [3.8, 4) is 0 Å². The molecule has 132 valence electrons. The van der Waals surface area contributed by atoms with E-state index in [9.17, 15) is 4.79 Å². The van der Waals surface area contributed by atoms with E-state index in [0.717, 1.165) is 45.1 Å². The summed E-state index contributed by atoms with van der Waals surface area (Å²) in [5, 5.41) is 1.55. The predicted octanol–water partition coefficient (Wildman–Crippen LogP) is 4.09. The monoisotopic (exact) mass is 331 g/mol. The normalized spacial score (nSPS) is 27.1. The van der Waals surface area contributed by atoms with Gasteiger partial charge in [0, 0.05) is 13.0 Å². The summed E-state index contributed by atoms with van der Waals surface area (Å²) < 4.78 is 5.56. The molecule has 4 nitrogen and oxygen atoms in total. The number of nitrogens with zero attached hydrogens (tertiary/aromatic N) is 1. The highest BCUT2D eigenvalue weighted by Gasteiger charge is 2.46. The molecule has 0 radical (unpaired) electrons. The fourth-order valence-electron chi connectivity index (χ4n) is 3.60. The number of hydrogen-bond donors (Lipinski definition) is 0. The minimum Gasteiger partial charge on any atom is -0.350 e. The second-order valence-corrected chi connectivity index (χ2v) is 7.00. The molecule has 1 aromatic rings. The number of hydroxylamine groups is 2. The summed E-state index contributed by atoms with van der Waals surface area (Å²) >= 11 is 0. The highest BCUT2D eigenvalue weighted by atomic mass is 16.8. The SMILES string of the molecule is CC1C(CCCCCc2ccccc2)C(=O)N1OC1CCCCO1. The van der Waals surface area contributed by atoms with Crippen LogP contribution in [0.25, 0.3) is 0 Å². The number of β-lactam (4-membered cyclic amide) rings is 1. The van der Waals surface area contributed by atoms with Gasteiger partial charge >= 0.3 is 0 Å². The van der Waals surface area contributed by atoms with Crippen molar-refractivity contribution in [2.45, 2.75) is 70.6 Å². The van der Waals surface area contributed by atoms with E-state index in [1.54, 1.807) is 5.06 Å². The van der Waals surface area contributed by atoms with E-state index in [1.165, 1.54) is 18.4 Å². The van der Waals surface area contributed by atoms with E-state index in [2.05, 4.69) is 37.3 Å². The van der Waals surface area contributed by atoms with E-state index >= 15 is 0 Å². The first kappa shape index (κ1) is 17.4. The van der Waals surface area contributed by atoms with Crippen molar-refractivity contribution in [1.29, 1.82) is 0 Å². The minimum atomic E-state index is -0.225. The van der Waals surface area contributed by atoms with Gasteiger partial charge in [0.25, 0.3) is 5.91 Å². The van der Waals surface area contributed by atoms with E-state index < -0.39 is 0 Å². The minimum absolute atomic E-state index is 0.130. The lowest BCUT2D eigenvalue weighted by Gasteiger charge is -2.45. The molecule has 24 heavy (non-hydrogen) atoms. The standard InChI is InChI=1S/C20H29NO3/c1-16-18(13-7-3-6-12-17-10-4-2-5-11-17)20(22)21(16)24-19-14-8-9-15-23-19/h2,4-5,10-11,16,18-19H,3,6-9,12-15H2,1H3. The number of ether oxygens (including phenoxy) is 1. The summed E-state index contributed by atoms with van der Waals surface area (Å²) in [5.41, 5.74) is 1.40. The van der Waals surface area contributed by atoms with E-state index in [0.29, 0.717) is 0 Å². The first-order valence-electron chi connectivity index (χ1n) is 9.41. The van der Waals surface area contributed by atoms with Crippen LogP contribution in [-0.4, -0.2) is 29.9 Å². The van der Waals surface area contributed by atoms with Gasteiger partial charge in [-0.3, -0.25) is 4.79 Å². The smallest absolute Gasteiger partial charge is 0.251 e. The summed E-state index contributed by atoms with van der Waals surface area (Å²) in [6.45, 7) is 2.82. The fraction of sp³-hybridized carbons (Fsp3) is 0.650. The summed E-state index contributed by atoms with van der Waals surface area (Å²) in [6.07, 6.45) is 8.46. The molecule has 0 N–H and O–H groups in total. The van der Waals surface area contributed by atoms with Crippen LogP contribution in [-0.2, 0) is 20.8 Å². The third kappa shape index (κ3) is 4.37. The predicted molar refractivity (Wildman–Crippen MR) is 93.1 cm³/mol. The molecule has 0 bridgehead atoms. The van der Waals surface area contributed by atoms with Crippen LogP contribution in [0.3, 0.4) is 0 Å². The Bertz CT molecular complexity index is 513. The van der Waals surface area contributed by atoms with Crippen molar-refractivity contribution < 1.29 is 14.4 Å². The number of carbonyl (C=O) groups is 1. The van der Waals surface area contributed by atoms with Crippen LogP contribution >= 0.6 is 0 Å². The van der Waals surface area contributed by atoms with Gasteiger partial charge in [0.2, 0.25) is 0 Å². The Morgan fingerprint density at radius 3 is 2.71 bits per heavy atom. The molecule has 4 heteroatoms. The van der Waals surface area contributed by atoms with Crippen molar-refractivity contribution in [3.63, 3.8) is 0 Å². The van der Waals surface area contributed by atoms with E-state index in [4.69, 9.17) is 9.57 Å². The number of amides is 1. The second kappa shape index (κ2) is 8.63. The summed E-state index contributed by atoms with van der Waals surface area (Å²) in [5.74, 6) is 0.269. The molecule has 2 aliphatic rings. The average molecular weight is 331 g/mol. The Hall–Kier alpha value is -1.39. The first-order chi connectivity index (χ1) is 11.8. The molecule has 2 aliphatic heterocycles. The van der Waals surface area contributed by atoms with Gasteiger partial charge in [0.15, 0.2) is 6.29 Å². The fourth-order valence-corrected chi connectivity index (χ4v) is 3.60. The zero-order chi connectivity index (χ0) is 16.8. The van der Waals surface area contributed by atoms with Gasteiger partial charge in [-0.1, -0.05) is 43.2 Å². The van der Waals surface area contributed by atoms with Crippen molar-refractivity contribution >= 4 is 5.91 Å². The molecule has 3 unspecified atom stereocenters. The molecule has 1 aromatic carbocycles. The number of hydrogen-bond acceptors (Lipinski definition) is 3. The summed E-state index contributed by atoms with van der Waals surface area (Å²) in [4.78, 5) is 18.0. The van der Waals surface area contributed by atoms with Crippen LogP contribution in [0, 0.1) is 5.92 Å². The van der Waals surface area contributed by atoms with Gasteiger partial charge < -0.3 is 4.74 Å². The molecule has 2 saturated heterocycles. The number of unbranched alkanes of at least 4 members (excludes halogenated alkanes) is 2. The number of carbonyl (C=O) groups excluding carboxylic acids is 1. The molecule has 3 atom stereocenters. The maximum absolute atomic E-state index is 12.3. The van der Waals surface area contributed by atoms with E-state index in [1.807, 2.05) is 0 Å². The van der Waals surface area contributed by atoms with Gasteiger partial charge in [-0.25, -0.2) is 9.90 Å². The number of aryl methyl sites for hydroxylation is 1. The van der Waals surface area contributed by atoms with Crippen LogP contribution in [0.5, 0.6) is 0 Å². The molecule has 0 saturated carbocycles. The lowest BCUT2D eigenvalue weighted by molar-refractivity contribution is -0.316. The van der Waals surface area contributed by atoms with Crippen molar-refractivity contribution in [2.24, 2.45) is 5.92 Å². The largest absolute Gasteiger partial charge is 0.350 e. The molecule has 2 fully saturated rings. The Morgan fingerprint density at radius 2 is 2.00 bits per heavy atom. The van der Waals surface area contributed by atoms with Crippen LogP contribution in [0.15, 0.2) is 30.3 Å². The van der Waals surface area contributed by atoms with Gasteiger partial charge in [-0.2, -0.15) is 0 Å². The highest BCUT2D eigenvalue weighted by molar-refractivity contribution is 5.84. The number of rotatable bonds is 8. The maximum atomic E-state index is 12.3. The van der Waals surface area contributed by atoms with Gasteiger partial charge in [0.05, 0.1) is 12.0 Å². The lowest BCUT2D eigenvalue weighted by atomic mass is 9.86. The van der Waals surface area contributed by atoms with Crippen molar-refractivity contribution in [2.75, 3.05) is 6.61 Å².